The quantitative estimate of drug-likeness (QED) is 0.871. The number of carbonyl (C=O) groups is 2. The molecule has 1 aromatic rings. The molecule has 104 valence electrons. The van der Waals surface area contributed by atoms with Crippen molar-refractivity contribution in [2.45, 2.75) is 39.4 Å². The van der Waals surface area contributed by atoms with Crippen LogP contribution in [0.15, 0.2) is 24.3 Å². The van der Waals surface area contributed by atoms with Crippen LogP contribution in [0.5, 0.6) is 0 Å². The lowest BCUT2D eigenvalue weighted by Crippen LogP contribution is -2.34. The van der Waals surface area contributed by atoms with Crippen LogP contribution >= 0.6 is 0 Å². The van der Waals surface area contributed by atoms with Crippen LogP contribution in [0.4, 0.5) is 5.69 Å². The molecule has 1 rings (SSSR count). The van der Waals surface area contributed by atoms with Crippen molar-refractivity contribution in [1.82, 2.24) is 0 Å². The topological polar surface area (TPSA) is 81.4 Å². The van der Waals surface area contributed by atoms with Crippen molar-refractivity contribution in [2.24, 2.45) is 5.73 Å². The van der Waals surface area contributed by atoms with Crippen LogP contribution in [0, 0.1) is 0 Å². The van der Waals surface area contributed by atoms with Crippen LogP contribution in [0.2, 0.25) is 0 Å². The first-order valence-electron chi connectivity index (χ1n) is 6.07. The molecule has 1 aromatic carbocycles. The monoisotopic (exact) mass is 264 g/mol. The Morgan fingerprint density at radius 2 is 1.74 bits per heavy atom. The molecule has 3 N–H and O–H groups in total. The molecular formula is C14H20N2O3. The number of primary amides is 1. The first-order chi connectivity index (χ1) is 8.69. The summed E-state index contributed by atoms with van der Waals surface area (Å²) in [6.45, 7) is 7.35. The summed E-state index contributed by atoms with van der Waals surface area (Å²) in [6.07, 6.45) is -0.559. The molecule has 0 aliphatic heterocycles. The highest BCUT2D eigenvalue weighted by Crippen LogP contribution is 2.14. The third-order valence-corrected chi connectivity index (χ3v) is 2.34. The van der Waals surface area contributed by atoms with Gasteiger partial charge >= 0.3 is 0 Å². The second-order valence-corrected chi connectivity index (χ2v) is 5.30. The average Bonchev–Trinajstić information content (AvgIpc) is 2.27. The molecule has 0 saturated carbocycles. The maximum absolute atomic E-state index is 11.9. The van der Waals surface area contributed by atoms with Crippen LogP contribution in [0.25, 0.3) is 0 Å². The van der Waals surface area contributed by atoms with Gasteiger partial charge in [-0.3, -0.25) is 9.59 Å². The summed E-state index contributed by atoms with van der Waals surface area (Å²) in [4.78, 5) is 22.8. The Labute approximate surface area is 113 Å². The van der Waals surface area contributed by atoms with Gasteiger partial charge in [0, 0.05) is 11.3 Å². The molecular weight excluding hydrogens is 244 g/mol. The summed E-state index contributed by atoms with van der Waals surface area (Å²) in [5.74, 6) is -0.732. The number of nitrogens with one attached hydrogen (secondary N) is 1. The Bertz CT molecular complexity index is 461. The third kappa shape index (κ3) is 5.09. The van der Waals surface area contributed by atoms with Gasteiger partial charge in [0.05, 0.1) is 5.60 Å². The molecule has 0 radical (unpaired) electrons. The molecule has 5 heteroatoms. The number of nitrogens with two attached hydrogens (primary N) is 1. The van der Waals surface area contributed by atoms with E-state index >= 15 is 0 Å². The minimum absolute atomic E-state index is 0.234. The van der Waals surface area contributed by atoms with E-state index in [0.29, 0.717) is 11.3 Å². The van der Waals surface area contributed by atoms with E-state index in [-0.39, 0.29) is 11.5 Å². The zero-order valence-electron chi connectivity index (χ0n) is 11.7. The van der Waals surface area contributed by atoms with E-state index in [9.17, 15) is 9.59 Å². The molecule has 0 aliphatic rings. The highest BCUT2D eigenvalue weighted by molar-refractivity contribution is 5.96. The standard InChI is InChI=1S/C14H20N2O3/c1-9(19-14(2,3)4)13(18)16-11-7-5-10(6-8-11)12(15)17/h5-9H,1-4H3,(H2,15,17)(H,16,18). The fourth-order valence-corrected chi connectivity index (χ4v) is 1.55. The van der Waals surface area contributed by atoms with Crippen LogP contribution in [-0.2, 0) is 9.53 Å². The van der Waals surface area contributed by atoms with Crippen molar-refractivity contribution in [3.8, 4) is 0 Å². The molecule has 19 heavy (non-hydrogen) atoms. The predicted octanol–water partition coefficient (Wildman–Crippen LogP) is 1.93. The van der Waals surface area contributed by atoms with Crippen LogP contribution < -0.4 is 11.1 Å². The lowest BCUT2D eigenvalue weighted by molar-refractivity contribution is -0.135. The van der Waals surface area contributed by atoms with Crippen LogP contribution in [0.1, 0.15) is 38.1 Å². The molecule has 0 aliphatic carbocycles. The second kappa shape index (κ2) is 5.84. The molecule has 0 bridgehead atoms. The number of rotatable bonds is 4. The minimum Gasteiger partial charge on any atom is -0.366 e. The molecule has 1 unspecified atom stereocenters. The molecule has 5 nitrogen and oxygen atoms in total. The van der Waals surface area contributed by atoms with Crippen molar-refractivity contribution in [3.05, 3.63) is 29.8 Å². The normalized spacial score (nSPS) is 12.8. The summed E-state index contributed by atoms with van der Waals surface area (Å²) in [5.41, 5.74) is 5.75. The first kappa shape index (κ1) is 15.2. The lowest BCUT2D eigenvalue weighted by atomic mass is 10.1. The van der Waals surface area contributed by atoms with E-state index in [1.165, 1.54) is 0 Å². The van der Waals surface area contributed by atoms with Gasteiger partial charge in [0.25, 0.3) is 5.91 Å². The van der Waals surface area contributed by atoms with Gasteiger partial charge in [-0.25, -0.2) is 0 Å². The average molecular weight is 264 g/mol. The van der Waals surface area contributed by atoms with Crippen molar-refractivity contribution in [2.75, 3.05) is 5.32 Å². The smallest absolute Gasteiger partial charge is 0.253 e. The number of carbonyl (C=O) groups excluding carboxylic acids is 2. The SMILES string of the molecule is CC(OC(C)(C)C)C(=O)Nc1ccc(C(N)=O)cc1. The lowest BCUT2D eigenvalue weighted by Gasteiger charge is -2.24. The first-order valence-corrected chi connectivity index (χ1v) is 6.07. The van der Waals surface area contributed by atoms with Gasteiger partial charge in [-0.1, -0.05) is 0 Å². The molecule has 0 aromatic heterocycles. The third-order valence-electron chi connectivity index (χ3n) is 2.34. The van der Waals surface area contributed by atoms with Crippen molar-refractivity contribution < 1.29 is 14.3 Å². The summed E-state index contributed by atoms with van der Waals surface area (Å²) < 4.78 is 5.55. The summed E-state index contributed by atoms with van der Waals surface area (Å²) in [7, 11) is 0. The van der Waals surface area contributed by atoms with E-state index in [4.69, 9.17) is 10.5 Å². The molecule has 0 spiro atoms. The van der Waals surface area contributed by atoms with Crippen molar-refractivity contribution in [3.63, 3.8) is 0 Å². The second-order valence-electron chi connectivity index (χ2n) is 5.30. The summed E-state index contributed by atoms with van der Waals surface area (Å²) >= 11 is 0. The molecule has 1 atom stereocenters. The van der Waals surface area contributed by atoms with Gasteiger partial charge in [-0.05, 0) is 52.0 Å². The van der Waals surface area contributed by atoms with Crippen LogP contribution in [0.3, 0.4) is 0 Å². The van der Waals surface area contributed by atoms with Gasteiger partial charge in [0.1, 0.15) is 6.10 Å². The Balaban J connectivity index is 2.64. The Morgan fingerprint density at radius 1 is 1.21 bits per heavy atom. The summed E-state index contributed by atoms with van der Waals surface area (Å²) in [5, 5.41) is 2.71. The zero-order valence-corrected chi connectivity index (χ0v) is 11.7. The highest BCUT2D eigenvalue weighted by atomic mass is 16.5. The Kier molecular flexibility index (Phi) is 4.67. The molecule has 0 saturated heterocycles. The number of ether oxygens (including phenoxy) is 1. The maximum atomic E-state index is 11.9. The summed E-state index contributed by atoms with van der Waals surface area (Å²) in [6, 6.07) is 6.38. The number of anilines is 1. The maximum Gasteiger partial charge on any atom is 0.253 e. The van der Waals surface area contributed by atoms with E-state index in [2.05, 4.69) is 5.32 Å². The van der Waals surface area contributed by atoms with E-state index in [0.717, 1.165) is 0 Å². The van der Waals surface area contributed by atoms with Gasteiger partial charge in [0.15, 0.2) is 0 Å². The minimum atomic E-state index is -0.559. The van der Waals surface area contributed by atoms with Gasteiger partial charge in [-0.15, -0.1) is 0 Å². The number of hydrogen-bond donors (Lipinski definition) is 2. The fourth-order valence-electron chi connectivity index (χ4n) is 1.55. The van der Waals surface area contributed by atoms with Gasteiger partial charge in [-0.2, -0.15) is 0 Å². The van der Waals surface area contributed by atoms with Crippen molar-refractivity contribution in [1.29, 1.82) is 0 Å². The number of amides is 2. The van der Waals surface area contributed by atoms with E-state index < -0.39 is 12.0 Å². The van der Waals surface area contributed by atoms with Crippen molar-refractivity contribution >= 4 is 17.5 Å². The molecule has 0 fully saturated rings. The predicted molar refractivity (Wildman–Crippen MR) is 73.9 cm³/mol. The highest BCUT2D eigenvalue weighted by Gasteiger charge is 2.21. The molecule has 0 heterocycles. The van der Waals surface area contributed by atoms with E-state index in [1.807, 2.05) is 20.8 Å². The molecule has 2 amide bonds. The van der Waals surface area contributed by atoms with Gasteiger partial charge in [0.2, 0.25) is 5.91 Å². The van der Waals surface area contributed by atoms with Gasteiger partial charge < -0.3 is 15.8 Å². The number of benzene rings is 1. The fraction of sp³-hybridized carbons (Fsp3) is 0.429. The largest absolute Gasteiger partial charge is 0.366 e. The Hall–Kier alpha value is -1.88. The Morgan fingerprint density at radius 3 is 2.16 bits per heavy atom. The number of hydrogen-bond acceptors (Lipinski definition) is 3. The van der Waals surface area contributed by atoms with E-state index in [1.54, 1.807) is 31.2 Å². The van der Waals surface area contributed by atoms with Crippen LogP contribution in [-0.4, -0.2) is 23.5 Å². The zero-order chi connectivity index (χ0) is 14.6.